The minimum absolute atomic E-state index is 0.0498. The van der Waals surface area contributed by atoms with Crippen molar-refractivity contribution in [2.75, 3.05) is 0 Å². The maximum Gasteiger partial charge on any atom is 0.271 e. The van der Waals surface area contributed by atoms with Crippen molar-refractivity contribution in [2.24, 2.45) is 0 Å². The zero-order valence-electron chi connectivity index (χ0n) is 10.7. The van der Waals surface area contributed by atoms with Crippen LogP contribution in [0.5, 0.6) is 0 Å². The third kappa shape index (κ3) is 3.01. The first kappa shape index (κ1) is 13.9. The van der Waals surface area contributed by atoms with E-state index in [2.05, 4.69) is 9.97 Å². The van der Waals surface area contributed by atoms with Gasteiger partial charge in [-0.15, -0.1) is 0 Å². The minimum Gasteiger partial charge on any atom is -0.333 e. The van der Waals surface area contributed by atoms with Crippen LogP contribution < -0.4 is 0 Å². The van der Waals surface area contributed by atoms with Gasteiger partial charge in [0.25, 0.3) is 5.69 Å². The summed E-state index contributed by atoms with van der Waals surface area (Å²) < 4.78 is 0. The van der Waals surface area contributed by atoms with Crippen molar-refractivity contribution in [1.82, 2.24) is 9.97 Å². The molecule has 0 fully saturated rings. The highest BCUT2D eigenvalue weighted by Crippen LogP contribution is 2.27. The van der Waals surface area contributed by atoms with Gasteiger partial charge in [0, 0.05) is 22.9 Å². The molecule has 106 valence electrons. The first-order valence-electron chi connectivity index (χ1n) is 6.14. The number of rotatable bonds is 4. The molecule has 0 aliphatic rings. The number of aromatic nitrogens is 2. The molecule has 3 aromatic rings. The zero-order valence-corrected chi connectivity index (χ0v) is 12.3. The van der Waals surface area contributed by atoms with E-state index >= 15 is 0 Å². The number of benzene rings is 2. The van der Waals surface area contributed by atoms with Crippen LogP contribution in [0, 0.1) is 10.1 Å². The van der Waals surface area contributed by atoms with Gasteiger partial charge in [-0.25, -0.2) is 4.98 Å². The largest absolute Gasteiger partial charge is 0.333 e. The number of hydrogen-bond donors (Lipinski definition) is 1. The Morgan fingerprint density at radius 2 is 2.10 bits per heavy atom. The predicted octanol–water partition coefficient (Wildman–Crippen LogP) is 4.42. The van der Waals surface area contributed by atoms with Crippen molar-refractivity contribution >= 4 is 40.1 Å². The minimum atomic E-state index is -0.420. The Hall–Kier alpha value is -2.05. The van der Waals surface area contributed by atoms with Gasteiger partial charge in [-0.3, -0.25) is 10.1 Å². The standard InChI is InChI=1S/C14H10ClN3O2S/c15-11-4-2-1-3-9(11)8-21-14-16-12-6-5-10(18(19)20)7-13(12)17-14/h1-7H,8H2,(H,16,17). The van der Waals surface area contributed by atoms with E-state index in [0.717, 1.165) is 10.6 Å². The third-order valence-electron chi connectivity index (χ3n) is 2.98. The van der Waals surface area contributed by atoms with Crippen molar-refractivity contribution in [3.8, 4) is 0 Å². The van der Waals surface area contributed by atoms with Gasteiger partial charge in [-0.1, -0.05) is 41.6 Å². The van der Waals surface area contributed by atoms with Crippen LogP contribution in [-0.4, -0.2) is 14.9 Å². The molecule has 1 N–H and O–H groups in total. The van der Waals surface area contributed by atoms with Crippen LogP contribution in [0.2, 0.25) is 5.02 Å². The van der Waals surface area contributed by atoms with Crippen LogP contribution in [0.25, 0.3) is 11.0 Å². The van der Waals surface area contributed by atoms with Gasteiger partial charge in [0.1, 0.15) is 0 Å². The first-order chi connectivity index (χ1) is 10.1. The average Bonchev–Trinajstić information content (AvgIpc) is 2.88. The molecule has 7 heteroatoms. The summed E-state index contributed by atoms with van der Waals surface area (Å²) in [5.41, 5.74) is 2.44. The number of fused-ring (bicyclic) bond motifs is 1. The SMILES string of the molecule is O=[N+]([O-])c1ccc2nc(SCc3ccccc3Cl)[nH]c2c1. The maximum atomic E-state index is 10.8. The van der Waals surface area contributed by atoms with Gasteiger partial charge in [0.05, 0.1) is 16.0 Å². The summed E-state index contributed by atoms with van der Waals surface area (Å²) in [6.45, 7) is 0. The molecule has 0 unspecified atom stereocenters. The second-order valence-corrected chi connectivity index (χ2v) is 5.75. The summed E-state index contributed by atoms with van der Waals surface area (Å²) in [5, 5.41) is 12.2. The quantitative estimate of drug-likeness (QED) is 0.439. The topological polar surface area (TPSA) is 71.8 Å². The Labute approximate surface area is 129 Å². The van der Waals surface area contributed by atoms with Gasteiger partial charge in [-0.2, -0.15) is 0 Å². The Morgan fingerprint density at radius 1 is 1.29 bits per heavy atom. The molecule has 0 atom stereocenters. The lowest BCUT2D eigenvalue weighted by atomic mass is 10.2. The summed E-state index contributed by atoms with van der Waals surface area (Å²) in [6, 6.07) is 12.2. The fourth-order valence-corrected chi connectivity index (χ4v) is 3.09. The number of nitro groups is 1. The molecule has 3 rings (SSSR count). The molecule has 2 aromatic carbocycles. The number of nitrogens with one attached hydrogen (secondary N) is 1. The molecule has 0 bridgehead atoms. The molecule has 1 heterocycles. The molecular formula is C14H10ClN3O2S. The Balaban J connectivity index is 1.82. The Morgan fingerprint density at radius 3 is 2.86 bits per heavy atom. The lowest BCUT2D eigenvalue weighted by Gasteiger charge is -2.01. The van der Waals surface area contributed by atoms with Crippen LogP contribution in [0.15, 0.2) is 47.6 Å². The summed E-state index contributed by atoms with van der Waals surface area (Å²) in [7, 11) is 0. The van der Waals surface area contributed by atoms with E-state index < -0.39 is 4.92 Å². The average molecular weight is 320 g/mol. The van der Waals surface area contributed by atoms with E-state index in [-0.39, 0.29) is 5.69 Å². The maximum absolute atomic E-state index is 10.8. The number of imidazole rings is 1. The van der Waals surface area contributed by atoms with Gasteiger partial charge in [0.2, 0.25) is 0 Å². The van der Waals surface area contributed by atoms with Crippen molar-refractivity contribution in [2.45, 2.75) is 10.9 Å². The van der Waals surface area contributed by atoms with Crippen LogP contribution in [0.1, 0.15) is 5.56 Å². The lowest BCUT2D eigenvalue weighted by Crippen LogP contribution is -1.86. The van der Waals surface area contributed by atoms with Gasteiger partial charge >= 0.3 is 0 Å². The molecular weight excluding hydrogens is 310 g/mol. The number of H-pyrrole nitrogens is 1. The predicted molar refractivity (Wildman–Crippen MR) is 83.8 cm³/mol. The Kier molecular flexibility index (Phi) is 3.81. The molecule has 0 radical (unpaired) electrons. The van der Waals surface area contributed by atoms with Gasteiger partial charge < -0.3 is 4.98 Å². The molecule has 0 aliphatic heterocycles. The number of nitro benzene ring substituents is 1. The molecule has 1 aromatic heterocycles. The highest BCUT2D eigenvalue weighted by atomic mass is 35.5. The Bertz CT molecular complexity index is 819. The van der Waals surface area contributed by atoms with E-state index in [1.54, 1.807) is 6.07 Å². The fourth-order valence-electron chi connectivity index (χ4n) is 1.92. The molecule has 0 saturated carbocycles. The monoisotopic (exact) mass is 319 g/mol. The van der Waals surface area contributed by atoms with E-state index in [4.69, 9.17) is 11.6 Å². The number of non-ortho nitro benzene ring substituents is 1. The van der Waals surface area contributed by atoms with Crippen molar-refractivity contribution in [3.05, 3.63) is 63.2 Å². The number of thioether (sulfide) groups is 1. The van der Waals surface area contributed by atoms with E-state index in [9.17, 15) is 10.1 Å². The van der Waals surface area contributed by atoms with Crippen LogP contribution in [0.4, 0.5) is 5.69 Å². The number of halogens is 1. The zero-order chi connectivity index (χ0) is 14.8. The summed E-state index contributed by atoms with van der Waals surface area (Å²) in [5.74, 6) is 0.682. The molecule has 0 aliphatic carbocycles. The van der Waals surface area contributed by atoms with Crippen LogP contribution in [-0.2, 0) is 5.75 Å². The number of aromatic amines is 1. The summed E-state index contributed by atoms with van der Waals surface area (Å²) in [6.07, 6.45) is 0. The molecule has 0 amide bonds. The first-order valence-corrected chi connectivity index (χ1v) is 7.50. The fraction of sp³-hybridized carbons (Fsp3) is 0.0714. The second-order valence-electron chi connectivity index (χ2n) is 4.38. The van der Waals surface area contributed by atoms with Crippen molar-refractivity contribution < 1.29 is 4.92 Å². The smallest absolute Gasteiger partial charge is 0.271 e. The van der Waals surface area contributed by atoms with Crippen molar-refractivity contribution in [3.63, 3.8) is 0 Å². The summed E-state index contributed by atoms with van der Waals surface area (Å²) >= 11 is 7.61. The summed E-state index contributed by atoms with van der Waals surface area (Å²) in [4.78, 5) is 17.8. The van der Waals surface area contributed by atoms with E-state index in [1.807, 2.05) is 24.3 Å². The van der Waals surface area contributed by atoms with Crippen LogP contribution in [0.3, 0.4) is 0 Å². The van der Waals surface area contributed by atoms with Gasteiger partial charge in [0.15, 0.2) is 5.16 Å². The highest BCUT2D eigenvalue weighted by Gasteiger charge is 2.10. The normalized spacial score (nSPS) is 10.9. The molecule has 0 saturated heterocycles. The van der Waals surface area contributed by atoms with E-state index in [1.165, 1.54) is 23.9 Å². The molecule has 0 spiro atoms. The number of nitrogens with zero attached hydrogens (tertiary/aromatic N) is 2. The molecule has 5 nitrogen and oxygen atoms in total. The highest BCUT2D eigenvalue weighted by molar-refractivity contribution is 7.98. The number of hydrogen-bond acceptors (Lipinski definition) is 4. The lowest BCUT2D eigenvalue weighted by molar-refractivity contribution is -0.384. The van der Waals surface area contributed by atoms with Gasteiger partial charge in [-0.05, 0) is 17.7 Å². The second kappa shape index (κ2) is 5.75. The van der Waals surface area contributed by atoms with Crippen LogP contribution >= 0.6 is 23.4 Å². The molecule has 21 heavy (non-hydrogen) atoms. The third-order valence-corrected chi connectivity index (χ3v) is 4.27. The van der Waals surface area contributed by atoms with Crippen molar-refractivity contribution in [1.29, 1.82) is 0 Å². The van der Waals surface area contributed by atoms with E-state index in [0.29, 0.717) is 21.9 Å².